The van der Waals surface area contributed by atoms with Gasteiger partial charge in [0.2, 0.25) is 0 Å². The molecular weight excluding hydrogens is 228 g/mol. The van der Waals surface area contributed by atoms with Gasteiger partial charge in [-0.1, -0.05) is 18.7 Å². The van der Waals surface area contributed by atoms with E-state index in [9.17, 15) is 4.79 Å². The first kappa shape index (κ1) is 10.9. The van der Waals surface area contributed by atoms with Crippen LogP contribution in [0.5, 0.6) is 0 Å². The molecule has 1 aromatic carbocycles. The summed E-state index contributed by atoms with van der Waals surface area (Å²) < 4.78 is 4.83. The number of H-pyrrole nitrogens is 1. The van der Waals surface area contributed by atoms with Gasteiger partial charge >= 0.3 is 5.97 Å². The lowest BCUT2D eigenvalue weighted by atomic mass is 10.0. The largest absolute Gasteiger partial charge is 0.464 e. The second-order valence-corrected chi connectivity index (χ2v) is 4.35. The van der Waals surface area contributed by atoms with E-state index >= 15 is 0 Å². The van der Waals surface area contributed by atoms with Crippen LogP contribution in [0.15, 0.2) is 24.8 Å². The van der Waals surface area contributed by atoms with E-state index in [-0.39, 0.29) is 5.97 Å². The van der Waals surface area contributed by atoms with E-state index in [4.69, 9.17) is 4.74 Å². The number of ether oxygens (including phenoxy) is 1. The van der Waals surface area contributed by atoms with Gasteiger partial charge in [0.25, 0.3) is 0 Å². The van der Waals surface area contributed by atoms with Gasteiger partial charge in [0.1, 0.15) is 5.69 Å². The summed E-state index contributed by atoms with van der Waals surface area (Å²) >= 11 is 0. The minimum absolute atomic E-state index is 0.320. The summed E-state index contributed by atoms with van der Waals surface area (Å²) in [6.45, 7) is 4.80. The molecule has 4 nitrogen and oxygen atoms in total. The maximum absolute atomic E-state index is 11.8. The van der Waals surface area contributed by atoms with E-state index in [1.165, 1.54) is 7.11 Å². The third kappa shape index (κ3) is 1.42. The number of esters is 1. The number of rotatable bonds is 1. The molecule has 0 fully saturated rings. The van der Waals surface area contributed by atoms with Crippen LogP contribution < -0.4 is 5.32 Å². The Bertz CT molecular complexity index is 655. The van der Waals surface area contributed by atoms with Gasteiger partial charge in [-0.05, 0) is 18.1 Å². The van der Waals surface area contributed by atoms with Crippen LogP contribution in [0.4, 0.5) is 0 Å². The summed E-state index contributed by atoms with van der Waals surface area (Å²) in [6.07, 6.45) is 0.778. The van der Waals surface area contributed by atoms with Crippen molar-refractivity contribution >= 4 is 22.6 Å². The Morgan fingerprint density at radius 2 is 2.28 bits per heavy atom. The molecule has 0 atom stereocenters. The average Bonchev–Trinajstić information content (AvgIpc) is 2.67. The smallest absolute Gasteiger partial charge is 0.354 e. The van der Waals surface area contributed by atoms with Gasteiger partial charge in [0.15, 0.2) is 0 Å². The Balaban J connectivity index is 2.36. The summed E-state index contributed by atoms with van der Waals surface area (Å²) in [5.41, 5.74) is 4.46. The SMILES string of the molecule is C=C1NCCc2c(C(=O)OC)[nH]c3cccc1c23. The highest BCUT2D eigenvalue weighted by Crippen LogP contribution is 2.31. The summed E-state index contributed by atoms with van der Waals surface area (Å²) in [5.74, 6) is -0.320. The summed E-state index contributed by atoms with van der Waals surface area (Å²) in [5, 5.41) is 4.34. The Labute approximate surface area is 105 Å². The summed E-state index contributed by atoms with van der Waals surface area (Å²) in [7, 11) is 1.40. The molecule has 1 aliphatic rings. The van der Waals surface area contributed by atoms with Crippen molar-refractivity contribution in [3.05, 3.63) is 41.6 Å². The Morgan fingerprint density at radius 1 is 1.44 bits per heavy atom. The fraction of sp³-hybridized carbons (Fsp3) is 0.214. The zero-order valence-electron chi connectivity index (χ0n) is 10.2. The molecular formula is C14H14N2O2. The van der Waals surface area contributed by atoms with Crippen LogP contribution in [0.1, 0.15) is 21.6 Å². The third-order valence-electron chi connectivity index (χ3n) is 3.36. The molecule has 0 radical (unpaired) electrons. The standard InChI is InChI=1S/C14H14N2O2/c1-8-9-4-3-5-11-12(9)10(6-7-15-8)13(16-11)14(17)18-2/h3-5,15-16H,1,6-7H2,2H3. The zero-order valence-corrected chi connectivity index (χ0v) is 10.2. The molecule has 0 saturated heterocycles. The van der Waals surface area contributed by atoms with E-state index in [0.29, 0.717) is 5.69 Å². The fourth-order valence-electron chi connectivity index (χ4n) is 2.53. The van der Waals surface area contributed by atoms with Gasteiger partial charge in [-0.3, -0.25) is 0 Å². The van der Waals surface area contributed by atoms with Gasteiger partial charge in [-0.15, -0.1) is 0 Å². The topological polar surface area (TPSA) is 54.1 Å². The minimum atomic E-state index is -0.320. The van der Waals surface area contributed by atoms with Crippen molar-refractivity contribution in [1.82, 2.24) is 10.3 Å². The van der Waals surface area contributed by atoms with E-state index in [2.05, 4.69) is 16.9 Å². The van der Waals surface area contributed by atoms with Crippen molar-refractivity contribution in [2.45, 2.75) is 6.42 Å². The van der Waals surface area contributed by atoms with Crippen molar-refractivity contribution in [3.63, 3.8) is 0 Å². The number of carbonyl (C=O) groups is 1. The number of methoxy groups -OCH3 is 1. The molecule has 2 aromatic rings. The molecule has 0 amide bonds. The van der Waals surface area contributed by atoms with Gasteiger partial charge in [0, 0.05) is 28.7 Å². The van der Waals surface area contributed by atoms with E-state index in [0.717, 1.165) is 40.7 Å². The van der Waals surface area contributed by atoms with Crippen LogP contribution >= 0.6 is 0 Å². The van der Waals surface area contributed by atoms with Gasteiger partial charge in [0.05, 0.1) is 7.11 Å². The van der Waals surface area contributed by atoms with Crippen LogP contribution in [0.25, 0.3) is 16.6 Å². The second kappa shape index (κ2) is 3.91. The molecule has 0 spiro atoms. The monoisotopic (exact) mass is 242 g/mol. The van der Waals surface area contributed by atoms with Crippen LogP contribution in [-0.2, 0) is 11.2 Å². The second-order valence-electron chi connectivity index (χ2n) is 4.35. The molecule has 1 aliphatic heterocycles. The lowest BCUT2D eigenvalue weighted by molar-refractivity contribution is 0.0594. The predicted molar refractivity (Wildman–Crippen MR) is 70.4 cm³/mol. The molecule has 2 heterocycles. The van der Waals surface area contributed by atoms with Crippen molar-refractivity contribution in [1.29, 1.82) is 0 Å². The van der Waals surface area contributed by atoms with Crippen LogP contribution in [0.2, 0.25) is 0 Å². The third-order valence-corrected chi connectivity index (χ3v) is 3.36. The predicted octanol–water partition coefficient (Wildman–Crippen LogP) is 2.07. The molecule has 0 bridgehead atoms. The highest BCUT2D eigenvalue weighted by molar-refractivity contribution is 6.02. The number of hydrogen-bond donors (Lipinski definition) is 2. The van der Waals surface area contributed by atoms with Crippen LogP contribution in [0, 0.1) is 0 Å². The van der Waals surface area contributed by atoms with E-state index < -0.39 is 0 Å². The van der Waals surface area contributed by atoms with Crippen LogP contribution in [0.3, 0.4) is 0 Å². The van der Waals surface area contributed by atoms with Gasteiger partial charge in [-0.2, -0.15) is 0 Å². The summed E-state index contributed by atoms with van der Waals surface area (Å²) in [6, 6.07) is 5.94. The first-order valence-corrected chi connectivity index (χ1v) is 5.87. The highest BCUT2D eigenvalue weighted by atomic mass is 16.5. The van der Waals surface area contributed by atoms with Crippen molar-refractivity contribution < 1.29 is 9.53 Å². The maximum Gasteiger partial charge on any atom is 0.354 e. The Morgan fingerprint density at radius 3 is 3.06 bits per heavy atom. The highest BCUT2D eigenvalue weighted by Gasteiger charge is 2.22. The molecule has 18 heavy (non-hydrogen) atoms. The normalized spacial score (nSPS) is 14.2. The van der Waals surface area contributed by atoms with E-state index in [1.807, 2.05) is 18.2 Å². The van der Waals surface area contributed by atoms with Crippen LogP contribution in [-0.4, -0.2) is 24.6 Å². The Kier molecular flexibility index (Phi) is 2.37. The van der Waals surface area contributed by atoms with Crippen molar-refractivity contribution in [2.24, 2.45) is 0 Å². The number of carbonyl (C=O) groups excluding carboxylic acids is 1. The van der Waals surface area contributed by atoms with Crippen molar-refractivity contribution in [3.8, 4) is 0 Å². The average molecular weight is 242 g/mol. The molecule has 0 unspecified atom stereocenters. The lowest BCUT2D eigenvalue weighted by Crippen LogP contribution is -2.13. The number of nitrogens with one attached hydrogen (secondary N) is 2. The first-order valence-electron chi connectivity index (χ1n) is 5.87. The van der Waals surface area contributed by atoms with E-state index in [1.54, 1.807) is 0 Å². The number of aromatic amines is 1. The zero-order chi connectivity index (χ0) is 12.7. The van der Waals surface area contributed by atoms with Gasteiger partial charge < -0.3 is 15.0 Å². The Hall–Kier alpha value is -2.23. The molecule has 92 valence electrons. The quantitative estimate of drug-likeness (QED) is 0.753. The number of aromatic nitrogens is 1. The molecule has 4 heteroatoms. The first-order chi connectivity index (χ1) is 8.72. The number of benzene rings is 1. The molecule has 1 aromatic heterocycles. The minimum Gasteiger partial charge on any atom is -0.464 e. The fourth-order valence-corrected chi connectivity index (χ4v) is 2.53. The molecule has 0 saturated carbocycles. The molecule has 0 aliphatic carbocycles. The molecule has 2 N–H and O–H groups in total. The molecule has 3 rings (SSSR count). The van der Waals surface area contributed by atoms with Gasteiger partial charge in [-0.25, -0.2) is 4.79 Å². The maximum atomic E-state index is 11.8. The number of hydrogen-bond acceptors (Lipinski definition) is 3. The van der Waals surface area contributed by atoms with Crippen molar-refractivity contribution in [2.75, 3.05) is 13.7 Å². The lowest BCUT2D eigenvalue weighted by Gasteiger charge is -2.06. The summed E-state index contributed by atoms with van der Waals surface area (Å²) in [4.78, 5) is 14.9.